The summed E-state index contributed by atoms with van der Waals surface area (Å²) in [7, 11) is 1.23. The number of imide groups is 1. The standard InChI is InChI=1S/C26H17ClN2O5S/c1-34-26(33)17-10-4-6-12-19(17)28(14-29-23(30)15-8-2-3-9-16(15)24(29)31)25(32)22-21(27)18-11-5-7-13-20(18)35-22/h2-13H,14H2,1H3. The Balaban J connectivity index is 1.63. The number of fused-ring (bicyclic) bond motifs is 2. The molecule has 3 aromatic carbocycles. The number of hydrogen-bond acceptors (Lipinski definition) is 6. The van der Waals surface area contributed by atoms with Crippen LogP contribution in [0, 0.1) is 0 Å². The number of benzene rings is 3. The van der Waals surface area contributed by atoms with Crippen molar-refractivity contribution in [1.82, 2.24) is 4.90 Å². The minimum absolute atomic E-state index is 0.109. The van der Waals surface area contributed by atoms with Gasteiger partial charge in [0.05, 0.1) is 34.5 Å². The molecule has 4 aromatic rings. The number of carbonyl (C=O) groups is 4. The molecule has 0 saturated heterocycles. The first-order valence-electron chi connectivity index (χ1n) is 10.5. The van der Waals surface area contributed by atoms with Crippen LogP contribution in [0.4, 0.5) is 5.69 Å². The summed E-state index contributed by atoms with van der Waals surface area (Å²) >= 11 is 7.78. The first kappa shape index (κ1) is 22.8. The fourth-order valence-corrected chi connectivity index (χ4v) is 5.49. The molecule has 0 atom stereocenters. The number of hydrogen-bond donors (Lipinski definition) is 0. The van der Waals surface area contributed by atoms with Gasteiger partial charge in [-0.1, -0.05) is 54.1 Å². The lowest BCUT2D eigenvalue weighted by atomic mass is 10.1. The van der Waals surface area contributed by atoms with Crippen LogP contribution in [0.3, 0.4) is 0 Å². The Labute approximate surface area is 209 Å². The second kappa shape index (κ2) is 8.98. The van der Waals surface area contributed by atoms with Gasteiger partial charge in [0, 0.05) is 10.1 Å². The summed E-state index contributed by atoms with van der Waals surface area (Å²) in [5, 5.41) is 0.975. The highest BCUT2D eigenvalue weighted by molar-refractivity contribution is 7.21. The van der Waals surface area contributed by atoms with Crippen molar-refractivity contribution in [2.75, 3.05) is 18.7 Å². The van der Waals surface area contributed by atoms with E-state index in [9.17, 15) is 19.2 Å². The van der Waals surface area contributed by atoms with Crippen LogP contribution in [0.15, 0.2) is 72.8 Å². The number of nitrogens with zero attached hydrogens (tertiary/aromatic N) is 2. The Bertz CT molecular complexity index is 1490. The maximum atomic E-state index is 13.9. The van der Waals surface area contributed by atoms with Gasteiger partial charge in [0.2, 0.25) is 0 Å². The van der Waals surface area contributed by atoms with Crippen LogP contribution in [0.5, 0.6) is 0 Å². The largest absolute Gasteiger partial charge is 0.465 e. The summed E-state index contributed by atoms with van der Waals surface area (Å²) in [5.41, 5.74) is 0.809. The third-order valence-corrected chi connectivity index (χ3v) is 7.40. The third-order valence-electron chi connectivity index (χ3n) is 5.74. The third kappa shape index (κ3) is 3.77. The predicted molar refractivity (Wildman–Crippen MR) is 133 cm³/mol. The van der Waals surface area contributed by atoms with Gasteiger partial charge < -0.3 is 4.74 Å². The fraction of sp³-hybridized carbons (Fsp3) is 0.0769. The molecule has 3 amide bonds. The Hall–Kier alpha value is -4.01. The van der Waals surface area contributed by atoms with Crippen molar-refractivity contribution < 1.29 is 23.9 Å². The molecule has 0 spiro atoms. The number of amides is 3. The molecule has 0 aliphatic carbocycles. The minimum Gasteiger partial charge on any atom is -0.465 e. The van der Waals surface area contributed by atoms with Crippen molar-refractivity contribution >= 4 is 62.4 Å². The SMILES string of the molecule is COC(=O)c1ccccc1N(CN1C(=O)c2ccccc2C1=O)C(=O)c1sc2ccccc2c1Cl. The Kier molecular flexibility index (Phi) is 5.84. The fourth-order valence-electron chi connectivity index (χ4n) is 4.02. The summed E-state index contributed by atoms with van der Waals surface area (Å²) in [6.07, 6.45) is 0. The molecule has 35 heavy (non-hydrogen) atoms. The number of thiophene rings is 1. The van der Waals surface area contributed by atoms with E-state index in [1.54, 1.807) is 42.5 Å². The monoisotopic (exact) mass is 504 g/mol. The van der Waals surface area contributed by atoms with E-state index in [0.717, 1.165) is 9.60 Å². The van der Waals surface area contributed by atoms with E-state index in [1.807, 2.05) is 24.3 Å². The van der Waals surface area contributed by atoms with E-state index in [0.29, 0.717) is 5.39 Å². The van der Waals surface area contributed by atoms with Crippen molar-refractivity contribution in [3.63, 3.8) is 0 Å². The Morgan fingerprint density at radius 2 is 1.51 bits per heavy atom. The molecule has 7 nitrogen and oxygen atoms in total. The van der Waals surface area contributed by atoms with Crippen LogP contribution in [-0.4, -0.2) is 42.4 Å². The van der Waals surface area contributed by atoms with Crippen LogP contribution >= 0.6 is 22.9 Å². The van der Waals surface area contributed by atoms with E-state index in [-0.39, 0.29) is 32.3 Å². The molecule has 0 radical (unpaired) electrons. The normalized spacial score (nSPS) is 12.7. The summed E-state index contributed by atoms with van der Waals surface area (Å²) in [6.45, 7) is -0.413. The van der Waals surface area contributed by atoms with Gasteiger partial charge in [0.1, 0.15) is 11.5 Å². The summed E-state index contributed by atoms with van der Waals surface area (Å²) in [4.78, 5) is 55.0. The number of carbonyl (C=O) groups excluding carboxylic acids is 4. The van der Waals surface area contributed by atoms with Crippen LogP contribution in [0.25, 0.3) is 10.1 Å². The van der Waals surface area contributed by atoms with Gasteiger partial charge in [-0.2, -0.15) is 0 Å². The van der Waals surface area contributed by atoms with Crippen LogP contribution < -0.4 is 4.90 Å². The molecule has 2 heterocycles. The van der Waals surface area contributed by atoms with Gasteiger partial charge >= 0.3 is 5.97 Å². The molecule has 0 unspecified atom stereocenters. The highest BCUT2D eigenvalue weighted by Crippen LogP contribution is 2.37. The Morgan fingerprint density at radius 1 is 0.914 bits per heavy atom. The molecule has 1 aromatic heterocycles. The van der Waals surface area contributed by atoms with Crippen LogP contribution in [0.1, 0.15) is 40.7 Å². The van der Waals surface area contributed by atoms with Crippen LogP contribution in [0.2, 0.25) is 5.02 Å². The lowest BCUT2D eigenvalue weighted by molar-refractivity contribution is 0.0601. The number of rotatable bonds is 5. The minimum atomic E-state index is -0.664. The average Bonchev–Trinajstić information content (AvgIpc) is 3.35. The second-order valence-corrected chi connectivity index (χ2v) is 9.14. The van der Waals surface area contributed by atoms with Crippen molar-refractivity contribution in [1.29, 1.82) is 0 Å². The number of ether oxygens (including phenoxy) is 1. The average molecular weight is 505 g/mol. The van der Waals surface area contributed by atoms with E-state index in [2.05, 4.69) is 0 Å². The summed E-state index contributed by atoms with van der Waals surface area (Å²) in [5.74, 6) is -2.27. The first-order chi connectivity index (χ1) is 16.9. The van der Waals surface area contributed by atoms with Gasteiger partial charge in [-0.15, -0.1) is 11.3 Å². The predicted octanol–water partition coefficient (Wildman–Crippen LogP) is 5.24. The van der Waals surface area contributed by atoms with Gasteiger partial charge in [-0.05, 0) is 30.3 Å². The van der Waals surface area contributed by atoms with Crippen molar-refractivity contribution in [3.8, 4) is 0 Å². The van der Waals surface area contributed by atoms with Gasteiger partial charge in [-0.25, -0.2) is 4.79 Å². The summed E-state index contributed by atoms with van der Waals surface area (Å²) < 4.78 is 5.71. The van der Waals surface area contributed by atoms with Crippen molar-refractivity contribution in [2.24, 2.45) is 0 Å². The maximum absolute atomic E-state index is 13.9. The zero-order valence-corrected chi connectivity index (χ0v) is 19.9. The number of para-hydroxylation sites is 1. The highest BCUT2D eigenvalue weighted by Gasteiger charge is 2.38. The quantitative estimate of drug-likeness (QED) is 0.274. The zero-order valence-electron chi connectivity index (χ0n) is 18.4. The van der Waals surface area contributed by atoms with Crippen molar-refractivity contribution in [2.45, 2.75) is 0 Å². The van der Waals surface area contributed by atoms with E-state index < -0.39 is 30.4 Å². The number of esters is 1. The molecule has 5 rings (SSSR count). The zero-order chi connectivity index (χ0) is 24.7. The molecule has 174 valence electrons. The first-order valence-corrected chi connectivity index (χ1v) is 11.7. The van der Waals surface area contributed by atoms with E-state index in [4.69, 9.17) is 16.3 Å². The topological polar surface area (TPSA) is 84.0 Å². The molecular weight excluding hydrogens is 488 g/mol. The maximum Gasteiger partial charge on any atom is 0.339 e. The lowest BCUT2D eigenvalue weighted by Gasteiger charge is -2.28. The highest BCUT2D eigenvalue weighted by atomic mass is 35.5. The van der Waals surface area contributed by atoms with Gasteiger partial charge in [0.15, 0.2) is 0 Å². The van der Waals surface area contributed by atoms with Crippen LogP contribution in [-0.2, 0) is 4.74 Å². The smallest absolute Gasteiger partial charge is 0.339 e. The number of methoxy groups -OCH3 is 1. The molecule has 0 saturated carbocycles. The molecule has 0 N–H and O–H groups in total. The van der Waals surface area contributed by atoms with Gasteiger partial charge in [-0.3, -0.25) is 24.2 Å². The molecule has 0 bridgehead atoms. The second-order valence-electron chi connectivity index (χ2n) is 7.71. The molecule has 1 aliphatic heterocycles. The molecule has 1 aliphatic rings. The Morgan fingerprint density at radius 3 is 2.17 bits per heavy atom. The van der Waals surface area contributed by atoms with E-state index in [1.165, 1.54) is 29.4 Å². The summed E-state index contributed by atoms with van der Waals surface area (Å²) in [6, 6.07) is 20.1. The molecule has 0 fully saturated rings. The van der Waals surface area contributed by atoms with Crippen molar-refractivity contribution in [3.05, 3.63) is 99.4 Å². The number of halogens is 1. The van der Waals surface area contributed by atoms with Gasteiger partial charge in [0.25, 0.3) is 17.7 Å². The lowest BCUT2D eigenvalue weighted by Crippen LogP contribution is -2.44. The number of anilines is 1. The van der Waals surface area contributed by atoms with E-state index >= 15 is 0 Å². The molecule has 9 heteroatoms. The molecular formula is C26H17ClN2O5S.